The number of amides is 6. The number of hydrogen-bond donors (Lipinski definition) is 4. The van der Waals surface area contributed by atoms with E-state index in [0.29, 0.717) is 70.1 Å². The molecule has 5 aliphatic heterocycles. The summed E-state index contributed by atoms with van der Waals surface area (Å²) in [6.07, 6.45) is 4.31. The second kappa shape index (κ2) is 16.5. The van der Waals surface area contributed by atoms with Crippen molar-refractivity contribution in [2.45, 2.75) is 127 Å². The van der Waals surface area contributed by atoms with Gasteiger partial charge in [-0.2, -0.15) is 0 Å². The maximum Gasteiger partial charge on any atom is 0.273 e. The van der Waals surface area contributed by atoms with E-state index in [1.54, 1.807) is 35.8 Å². The summed E-state index contributed by atoms with van der Waals surface area (Å²) >= 11 is 0. The van der Waals surface area contributed by atoms with Crippen LogP contribution in [0.4, 0.5) is 0 Å². The molecule has 0 spiro atoms. The van der Waals surface area contributed by atoms with Gasteiger partial charge >= 0.3 is 0 Å². The van der Waals surface area contributed by atoms with Gasteiger partial charge in [0.1, 0.15) is 54.4 Å². The molecule has 306 valence electrons. The summed E-state index contributed by atoms with van der Waals surface area (Å²) in [5.74, 6) is -2.60. The molecule has 3 fully saturated rings. The summed E-state index contributed by atoms with van der Waals surface area (Å²) in [5.41, 5.74) is 0.574. The van der Waals surface area contributed by atoms with Gasteiger partial charge in [-0.25, -0.2) is 9.98 Å². The van der Waals surface area contributed by atoms with Gasteiger partial charge in [-0.3, -0.25) is 28.8 Å². The van der Waals surface area contributed by atoms with Crippen molar-refractivity contribution in [2.75, 3.05) is 19.6 Å². The Morgan fingerprint density at radius 1 is 0.807 bits per heavy atom. The number of aromatic hydroxyl groups is 1. The van der Waals surface area contributed by atoms with Gasteiger partial charge < -0.3 is 44.9 Å². The molecule has 9 unspecified atom stereocenters. The minimum absolute atomic E-state index is 0.0511. The maximum absolute atomic E-state index is 14.4. The quantitative estimate of drug-likeness (QED) is 0.351. The van der Waals surface area contributed by atoms with Crippen molar-refractivity contribution in [2.24, 2.45) is 10.9 Å². The number of phenolic OH excluding ortho intramolecular Hbond substituents is 1. The fraction of sp³-hybridized carbons (Fsp3) is 0.600. The van der Waals surface area contributed by atoms with Gasteiger partial charge in [-0.15, -0.1) is 0 Å². The third-order valence-corrected chi connectivity index (χ3v) is 12.0. The van der Waals surface area contributed by atoms with Crippen molar-refractivity contribution in [1.29, 1.82) is 0 Å². The number of carbonyl (C=O) groups excluding carboxylic acids is 6. The number of oxazole rings is 1. The van der Waals surface area contributed by atoms with E-state index < -0.39 is 72.0 Å². The molecule has 4 bridgehead atoms. The molecule has 17 heteroatoms. The second-order valence-electron chi connectivity index (χ2n) is 15.9. The van der Waals surface area contributed by atoms with Gasteiger partial charge in [0.25, 0.3) is 5.91 Å². The van der Waals surface area contributed by atoms with Gasteiger partial charge in [0.05, 0.1) is 0 Å². The molecule has 2 aromatic rings. The normalized spacial score (nSPS) is 30.7. The van der Waals surface area contributed by atoms with E-state index in [1.165, 1.54) is 17.0 Å². The molecule has 1 aromatic heterocycles. The van der Waals surface area contributed by atoms with E-state index >= 15 is 0 Å². The zero-order valence-electron chi connectivity index (χ0n) is 32.8. The summed E-state index contributed by atoms with van der Waals surface area (Å²) in [4.78, 5) is 98.1. The summed E-state index contributed by atoms with van der Waals surface area (Å²) < 4.78 is 11.8. The lowest BCUT2D eigenvalue weighted by molar-refractivity contribution is -0.148. The van der Waals surface area contributed by atoms with E-state index in [2.05, 4.69) is 20.9 Å². The van der Waals surface area contributed by atoms with Crippen molar-refractivity contribution in [1.82, 2.24) is 35.6 Å². The first-order chi connectivity index (χ1) is 27.3. The van der Waals surface area contributed by atoms with Crippen LogP contribution in [0.5, 0.6) is 5.75 Å². The third-order valence-electron chi connectivity index (χ3n) is 12.0. The Bertz CT molecular complexity index is 1920. The lowest BCUT2D eigenvalue weighted by Gasteiger charge is -2.34. The molecule has 4 N–H and O–H groups in total. The summed E-state index contributed by atoms with van der Waals surface area (Å²) in [6.45, 7) is 8.21. The molecule has 7 rings (SSSR count). The zero-order valence-corrected chi connectivity index (χ0v) is 32.8. The van der Waals surface area contributed by atoms with Gasteiger partial charge in [-0.05, 0) is 76.0 Å². The number of hydrogen-bond acceptors (Lipinski definition) is 11. The molecule has 1 aromatic carbocycles. The van der Waals surface area contributed by atoms with E-state index in [-0.39, 0.29) is 47.4 Å². The van der Waals surface area contributed by atoms with Crippen LogP contribution in [0.1, 0.15) is 101 Å². The highest BCUT2D eigenvalue weighted by atomic mass is 16.5. The first kappa shape index (κ1) is 39.7. The number of fused-ring (bicyclic) bond motifs is 7. The van der Waals surface area contributed by atoms with E-state index in [9.17, 15) is 33.9 Å². The van der Waals surface area contributed by atoms with Gasteiger partial charge in [0, 0.05) is 26.1 Å². The molecule has 57 heavy (non-hydrogen) atoms. The Morgan fingerprint density at radius 2 is 1.44 bits per heavy atom. The molecule has 0 aliphatic carbocycles. The number of rotatable bonds is 4. The lowest BCUT2D eigenvalue weighted by Crippen LogP contribution is -2.58. The third kappa shape index (κ3) is 8.05. The molecular formula is C40H52N8O9. The Labute approximate surface area is 330 Å². The van der Waals surface area contributed by atoms with E-state index in [4.69, 9.17) is 14.1 Å². The van der Waals surface area contributed by atoms with Crippen LogP contribution < -0.4 is 16.0 Å². The number of aromatic nitrogens is 1. The van der Waals surface area contributed by atoms with Gasteiger partial charge in [-0.1, -0.05) is 32.4 Å². The minimum atomic E-state index is -1.08. The topological polar surface area (TPSA) is 216 Å². The standard InChI is InChI=1S/C40H52N8O9/c1-5-21(2)31-40(55)48-18-8-11-30(48)39(54)46-16-6-9-28(46)34(51)41-22(3)36-43-27(20-56-36)33(50)42-26(19-24-12-14-25(49)15-13-24)38(53)47-17-7-10-29(47)37-45-32(23(4)57-37)35(52)44-31/h12-15,20-23,26,28-32,49H,5-11,16-19H2,1-4H3,(H,41,51)(H,42,50)(H,44,52). The largest absolute Gasteiger partial charge is 0.508 e. The first-order valence-corrected chi connectivity index (χ1v) is 20.1. The van der Waals surface area contributed by atoms with Gasteiger partial charge in [0.2, 0.25) is 41.3 Å². The highest BCUT2D eigenvalue weighted by molar-refractivity contribution is 5.99. The number of phenols is 1. The van der Waals surface area contributed by atoms with Crippen molar-refractivity contribution in [3.05, 3.63) is 47.7 Å². The number of carbonyl (C=O) groups is 6. The molecule has 0 saturated carbocycles. The average Bonchev–Trinajstić information content (AvgIpc) is 4.05. The van der Waals surface area contributed by atoms with Crippen LogP contribution in [0.15, 0.2) is 39.9 Å². The monoisotopic (exact) mass is 788 g/mol. The fourth-order valence-electron chi connectivity index (χ4n) is 8.60. The number of aliphatic imine (C=N–C) groups is 1. The smallest absolute Gasteiger partial charge is 0.273 e. The zero-order chi connectivity index (χ0) is 40.5. The number of nitrogens with one attached hydrogen (secondary N) is 3. The highest BCUT2D eigenvalue weighted by Crippen LogP contribution is 2.30. The maximum atomic E-state index is 14.4. The number of ether oxygens (including phenoxy) is 1. The minimum Gasteiger partial charge on any atom is -0.508 e. The van der Waals surface area contributed by atoms with E-state index in [0.717, 1.165) is 6.26 Å². The Morgan fingerprint density at radius 3 is 2.12 bits per heavy atom. The van der Waals surface area contributed by atoms with Crippen LogP contribution >= 0.6 is 0 Å². The highest BCUT2D eigenvalue weighted by Gasteiger charge is 2.47. The summed E-state index contributed by atoms with van der Waals surface area (Å²) in [6, 6.07) is 0.347. The molecule has 6 heterocycles. The molecular weight excluding hydrogens is 736 g/mol. The predicted molar refractivity (Wildman–Crippen MR) is 203 cm³/mol. The molecule has 5 aliphatic rings. The van der Waals surface area contributed by atoms with Crippen LogP contribution in [0.3, 0.4) is 0 Å². The first-order valence-electron chi connectivity index (χ1n) is 20.1. The van der Waals surface area contributed by atoms with Crippen molar-refractivity contribution < 1.29 is 43.0 Å². The Kier molecular flexibility index (Phi) is 11.5. The van der Waals surface area contributed by atoms with Crippen molar-refractivity contribution >= 4 is 41.3 Å². The molecule has 0 radical (unpaired) electrons. The van der Waals surface area contributed by atoms with Crippen molar-refractivity contribution in [3.8, 4) is 5.75 Å². The second-order valence-corrected chi connectivity index (χ2v) is 15.9. The van der Waals surface area contributed by atoms with E-state index in [1.807, 2.05) is 13.8 Å². The summed E-state index contributed by atoms with van der Waals surface area (Å²) in [5, 5.41) is 18.5. The summed E-state index contributed by atoms with van der Waals surface area (Å²) in [7, 11) is 0. The van der Waals surface area contributed by atoms with Crippen LogP contribution in [-0.2, 0) is 35.1 Å². The van der Waals surface area contributed by atoms with Crippen molar-refractivity contribution in [3.63, 3.8) is 0 Å². The van der Waals surface area contributed by atoms with Crippen LogP contribution in [-0.4, -0.2) is 128 Å². The average molecular weight is 789 g/mol. The van der Waals surface area contributed by atoms with Crippen LogP contribution in [0, 0.1) is 5.92 Å². The molecule has 6 amide bonds. The van der Waals surface area contributed by atoms with Gasteiger partial charge in [0.15, 0.2) is 11.7 Å². The Hall–Kier alpha value is -5.48. The molecule has 9 atom stereocenters. The predicted octanol–water partition coefficient (Wildman–Crippen LogP) is 1.60. The number of benzene rings is 1. The fourth-order valence-corrected chi connectivity index (χ4v) is 8.60. The molecule has 3 saturated heterocycles. The lowest BCUT2D eigenvalue weighted by atomic mass is 9.96. The Balaban J connectivity index is 1.23. The molecule has 17 nitrogen and oxygen atoms in total. The number of nitrogens with zero attached hydrogens (tertiary/aromatic N) is 5. The van der Waals surface area contributed by atoms with Crippen LogP contribution in [0.2, 0.25) is 0 Å². The SMILES string of the molecule is CCC(C)C1NC(=O)C2N=C(OC2C)C2CCCN2C(=O)C(Cc2ccc(O)cc2)NC(=O)c2coc(n2)C(C)NC(=O)C2CCCN2C(=O)C2CCCN2C1=O. The van der Waals surface area contributed by atoms with Crippen LogP contribution in [0.25, 0.3) is 0 Å².